The van der Waals surface area contributed by atoms with Crippen LogP contribution in [0.3, 0.4) is 0 Å². The maximum atomic E-state index is 11.9. The molecule has 4 nitrogen and oxygen atoms in total. The molecule has 0 aromatic rings. The minimum Gasteiger partial charge on any atom is -0.392 e. The van der Waals surface area contributed by atoms with Crippen molar-refractivity contribution >= 4 is 23.1 Å². The van der Waals surface area contributed by atoms with Crippen LogP contribution in [0.4, 0.5) is 13.2 Å². The predicted molar refractivity (Wildman–Crippen MR) is 67.6 cm³/mol. The third-order valence-corrected chi connectivity index (χ3v) is 3.15. The lowest BCUT2D eigenvalue weighted by atomic mass is 10.0. The van der Waals surface area contributed by atoms with Crippen LogP contribution in [0.25, 0.3) is 0 Å². The zero-order chi connectivity index (χ0) is 14.5. The van der Waals surface area contributed by atoms with Crippen LogP contribution in [-0.2, 0) is 9.53 Å². The highest BCUT2D eigenvalue weighted by Gasteiger charge is 2.29. The van der Waals surface area contributed by atoms with Crippen molar-refractivity contribution in [1.29, 1.82) is 0 Å². The van der Waals surface area contributed by atoms with E-state index in [2.05, 4.69) is 4.74 Å². The topological polar surface area (TPSA) is 55.6 Å². The minimum atomic E-state index is -4.37. The number of thiocarbonyl (C=S) groups is 1. The van der Waals surface area contributed by atoms with Crippen molar-refractivity contribution in [2.75, 3.05) is 19.8 Å². The fraction of sp³-hybridized carbons (Fsp3) is 0.818. The fourth-order valence-electron chi connectivity index (χ4n) is 2.02. The van der Waals surface area contributed by atoms with Gasteiger partial charge in [-0.2, -0.15) is 13.2 Å². The first-order valence-corrected chi connectivity index (χ1v) is 6.45. The molecule has 1 saturated heterocycles. The highest BCUT2D eigenvalue weighted by molar-refractivity contribution is 7.80. The van der Waals surface area contributed by atoms with Crippen molar-refractivity contribution in [3.8, 4) is 0 Å². The molecule has 8 heteroatoms. The first-order chi connectivity index (χ1) is 8.81. The van der Waals surface area contributed by atoms with Crippen LogP contribution < -0.4 is 5.73 Å². The summed E-state index contributed by atoms with van der Waals surface area (Å²) in [6.07, 6.45) is -1.94. The molecule has 1 heterocycles. The lowest BCUT2D eigenvalue weighted by molar-refractivity contribution is -0.175. The van der Waals surface area contributed by atoms with Gasteiger partial charge < -0.3 is 15.4 Å². The van der Waals surface area contributed by atoms with Gasteiger partial charge in [-0.25, -0.2) is 0 Å². The summed E-state index contributed by atoms with van der Waals surface area (Å²) in [6.45, 7) is -1.04. The molecule has 1 amide bonds. The van der Waals surface area contributed by atoms with Crippen molar-refractivity contribution in [1.82, 2.24) is 4.90 Å². The number of alkyl halides is 3. The van der Waals surface area contributed by atoms with E-state index < -0.39 is 12.8 Å². The van der Waals surface area contributed by atoms with E-state index in [4.69, 9.17) is 18.0 Å². The number of carbonyl (C=O) groups excluding carboxylic acids is 1. The molecule has 1 aliphatic rings. The van der Waals surface area contributed by atoms with E-state index in [0.717, 1.165) is 12.8 Å². The monoisotopic (exact) mass is 298 g/mol. The van der Waals surface area contributed by atoms with Gasteiger partial charge in [0.05, 0.1) is 24.1 Å². The molecule has 1 unspecified atom stereocenters. The van der Waals surface area contributed by atoms with Gasteiger partial charge in [0.2, 0.25) is 5.91 Å². The second-order valence-electron chi connectivity index (χ2n) is 4.42. The summed E-state index contributed by atoms with van der Waals surface area (Å²) in [4.78, 5) is 13.7. The van der Waals surface area contributed by atoms with Crippen molar-refractivity contribution in [2.24, 2.45) is 5.73 Å². The van der Waals surface area contributed by atoms with Crippen LogP contribution in [0.1, 0.15) is 25.7 Å². The van der Waals surface area contributed by atoms with Gasteiger partial charge in [0, 0.05) is 6.54 Å². The van der Waals surface area contributed by atoms with E-state index in [-0.39, 0.29) is 30.0 Å². The van der Waals surface area contributed by atoms with Gasteiger partial charge in [-0.15, -0.1) is 0 Å². The Hall–Kier alpha value is -0.890. The Morgan fingerprint density at radius 3 is 2.68 bits per heavy atom. The van der Waals surface area contributed by atoms with Gasteiger partial charge in [-0.1, -0.05) is 12.2 Å². The molecule has 110 valence electrons. The summed E-state index contributed by atoms with van der Waals surface area (Å²) < 4.78 is 40.0. The zero-order valence-electron chi connectivity index (χ0n) is 10.4. The normalized spacial score (nSPS) is 20.4. The highest BCUT2D eigenvalue weighted by Crippen LogP contribution is 2.19. The Kier molecular flexibility index (Phi) is 5.99. The van der Waals surface area contributed by atoms with Crippen LogP contribution in [0.2, 0.25) is 0 Å². The van der Waals surface area contributed by atoms with Gasteiger partial charge in [0.25, 0.3) is 0 Å². The van der Waals surface area contributed by atoms with Crippen molar-refractivity contribution < 1.29 is 22.7 Å². The molecular formula is C11H17F3N2O2S. The van der Waals surface area contributed by atoms with E-state index in [1.54, 1.807) is 4.90 Å². The van der Waals surface area contributed by atoms with Gasteiger partial charge in [-0.05, 0) is 19.3 Å². The molecule has 19 heavy (non-hydrogen) atoms. The number of carbonyl (C=O) groups is 1. The Morgan fingerprint density at radius 2 is 2.11 bits per heavy atom. The van der Waals surface area contributed by atoms with Gasteiger partial charge >= 0.3 is 6.18 Å². The van der Waals surface area contributed by atoms with E-state index in [1.165, 1.54) is 0 Å². The zero-order valence-corrected chi connectivity index (χ0v) is 11.2. The van der Waals surface area contributed by atoms with Crippen LogP contribution in [0, 0.1) is 0 Å². The third-order valence-electron chi connectivity index (χ3n) is 2.88. The maximum Gasteiger partial charge on any atom is 0.411 e. The van der Waals surface area contributed by atoms with Gasteiger partial charge in [0.1, 0.15) is 6.61 Å². The predicted octanol–water partition coefficient (Wildman–Crippen LogP) is 1.62. The number of nitrogens with zero attached hydrogens (tertiary/aromatic N) is 1. The molecule has 0 saturated carbocycles. The van der Waals surface area contributed by atoms with Crippen LogP contribution in [0.15, 0.2) is 0 Å². The van der Waals surface area contributed by atoms with E-state index >= 15 is 0 Å². The lowest BCUT2D eigenvalue weighted by Crippen LogP contribution is -2.50. The largest absolute Gasteiger partial charge is 0.411 e. The highest BCUT2D eigenvalue weighted by atomic mass is 32.1. The van der Waals surface area contributed by atoms with Gasteiger partial charge in [0.15, 0.2) is 0 Å². The molecule has 1 rings (SSSR count). The molecule has 0 spiro atoms. The van der Waals surface area contributed by atoms with Crippen LogP contribution in [-0.4, -0.2) is 47.8 Å². The van der Waals surface area contributed by atoms with E-state index in [9.17, 15) is 18.0 Å². The quantitative estimate of drug-likeness (QED) is 0.619. The second kappa shape index (κ2) is 7.04. The summed E-state index contributed by atoms with van der Waals surface area (Å²) in [7, 11) is 0. The number of rotatable bonds is 5. The number of hydrogen-bond acceptors (Lipinski definition) is 3. The SMILES string of the molecule is NC(=S)C1CCCCN1C(=O)CCOCC(F)(F)F. The minimum absolute atomic E-state index is 0.0881. The number of likely N-dealkylation sites (tertiary alicyclic amines) is 1. The molecule has 0 aromatic carbocycles. The molecule has 1 atom stereocenters. The standard InChI is InChI=1S/C11H17F3N2O2S/c12-11(13,14)7-18-6-4-9(17)16-5-2-1-3-8(16)10(15)19/h8H,1-7H2,(H2,15,19). The number of hydrogen-bond donors (Lipinski definition) is 1. The average molecular weight is 298 g/mol. The Bertz CT molecular complexity index is 336. The number of amides is 1. The Balaban J connectivity index is 2.37. The molecule has 2 N–H and O–H groups in total. The number of ether oxygens (including phenoxy) is 1. The third kappa shape index (κ3) is 5.73. The summed E-state index contributed by atoms with van der Waals surface area (Å²) in [5, 5.41) is 0. The van der Waals surface area contributed by atoms with Crippen molar-refractivity contribution in [2.45, 2.75) is 37.9 Å². The summed E-state index contributed by atoms with van der Waals surface area (Å²) >= 11 is 4.90. The van der Waals surface area contributed by atoms with E-state index in [1.807, 2.05) is 0 Å². The molecular weight excluding hydrogens is 281 g/mol. The number of piperidine rings is 1. The Labute approximate surface area is 115 Å². The van der Waals surface area contributed by atoms with Crippen molar-refractivity contribution in [3.05, 3.63) is 0 Å². The summed E-state index contributed by atoms with van der Waals surface area (Å²) in [5.41, 5.74) is 5.56. The second-order valence-corrected chi connectivity index (χ2v) is 4.89. The van der Waals surface area contributed by atoms with E-state index in [0.29, 0.717) is 13.0 Å². The van der Waals surface area contributed by atoms with Gasteiger partial charge in [-0.3, -0.25) is 4.79 Å². The molecule has 1 fully saturated rings. The fourth-order valence-corrected chi connectivity index (χ4v) is 2.26. The molecule has 0 aromatic heterocycles. The molecule has 0 bridgehead atoms. The Morgan fingerprint density at radius 1 is 1.42 bits per heavy atom. The maximum absolute atomic E-state index is 11.9. The lowest BCUT2D eigenvalue weighted by Gasteiger charge is -2.35. The molecule has 0 aliphatic carbocycles. The van der Waals surface area contributed by atoms with Crippen LogP contribution in [0.5, 0.6) is 0 Å². The molecule has 0 radical (unpaired) electrons. The number of nitrogens with two attached hydrogens (primary N) is 1. The average Bonchev–Trinajstić information content (AvgIpc) is 2.33. The van der Waals surface area contributed by atoms with Crippen LogP contribution >= 0.6 is 12.2 Å². The number of halogens is 3. The smallest absolute Gasteiger partial charge is 0.392 e. The first-order valence-electron chi connectivity index (χ1n) is 6.04. The van der Waals surface area contributed by atoms with Crippen molar-refractivity contribution in [3.63, 3.8) is 0 Å². The molecule has 1 aliphatic heterocycles. The summed E-state index contributed by atoms with van der Waals surface area (Å²) in [5.74, 6) is -0.264. The summed E-state index contributed by atoms with van der Waals surface area (Å²) in [6, 6.07) is -0.279. The first kappa shape index (κ1) is 16.2.